The molecule has 4 aromatic carbocycles. The predicted octanol–water partition coefficient (Wildman–Crippen LogP) is 8.11. The first-order chi connectivity index (χ1) is 16.4. The Hall–Kier alpha value is -3.91. The van der Waals surface area contributed by atoms with Gasteiger partial charge in [0.15, 0.2) is 11.6 Å². The van der Waals surface area contributed by atoms with Crippen LogP contribution >= 0.6 is 0 Å². The molecule has 4 aromatic rings. The third-order valence-corrected chi connectivity index (χ3v) is 5.42. The van der Waals surface area contributed by atoms with Gasteiger partial charge in [0.25, 0.3) is 0 Å². The number of hydrogen-bond donors (Lipinski definition) is 0. The Labute approximate surface area is 194 Å². The van der Waals surface area contributed by atoms with Gasteiger partial charge in [-0.25, -0.2) is 22.0 Å². The minimum atomic E-state index is -0.968. The zero-order chi connectivity index (χ0) is 24.2. The van der Waals surface area contributed by atoms with Crippen LogP contribution in [0.2, 0.25) is 0 Å². The molecule has 0 atom stereocenters. The maximum Gasteiger partial charge on any atom is 0.159 e. The minimum absolute atomic E-state index is 0.0397. The molecule has 0 fully saturated rings. The molecule has 0 N–H and O–H groups in total. The van der Waals surface area contributed by atoms with Gasteiger partial charge in [0, 0.05) is 5.56 Å². The number of allylic oxidation sites excluding steroid dienone is 2. The quantitative estimate of drug-likeness (QED) is 0.163. The second kappa shape index (κ2) is 9.93. The van der Waals surface area contributed by atoms with E-state index in [9.17, 15) is 22.0 Å². The SMILES string of the molecule is C/C=C/CCc1cc(F)c(-c2ccc(C#Cc3ccc4cc(F)c(F)cc4c3)c(F)c2)c(F)c1. The number of rotatable bonds is 4. The van der Waals surface area contributed by atoms with Crippen LogP contribution in [0.15, 0.2) is 72.8 Å². The lowest BCUT2D eigenvalue weighted by molar-refractivity contribution is 0.511. The van der Waals surface area contributed by atoms with E-state index in [0.717, 1.165) is 18.2 Å². The summed E-state index contributed by atoms with van der Waals surface area (Å²) in [5.41, 5.74) is 0.821. The van der Waals surface area contributed by atoms with Gasteiger partial charge >= 0.3 is 0 Å². The van der Waals surface area contributed by atoms with Gasteiger partial charge in [0.05, 0.1) is 11.1 Å². The molecule has 0 saturated carbocycles. The van der Waals surface area contributed by atoms with Crippen molar-refractivity contribution >= 4 is 10.8 Å². The van der Waals surface area contributed by atoms with Crippen LogP contribution in [-0.2, 0) is 6.42 Å². The molecule has 0 nitrogen and oxygen atoms in total. The average Bonchev–Trinajstić information content (AvgIpc) is 2.79. The van der Waals surface area contributed by atoms with Gasteiger partial charge in [0.2, 0.25) is 0 Å². The molecule has 0 radical (unpaired) electrons. The first kappa shape index (κ1) is 23.3. The van der Waals surface area contributed by atoms with Crippen LogP contribution in [0, 0.1) is 40.9 Å². The molecule has 0 unspecified atom stereocenters. The molecule has 0 heterocycles. The van der Waals surface area contributed by atoms with Crippen LogP contribution < -0.4 is 0 Å². The molecular formula is C29H19F5. The van der Waals surface area contributed by atoms with Gasteiger partial charge in [-0.15, -0.1) is 0 Å². The summed E-state index contributed by atoms with van der Waals surface area (Å²) in [5.74, 6) is 1.31. The molecule has 0 aliphatic rings. The van der Waals surface area contributed by atoms with Crippen LogP contribution in [0.1, 0.15) is 30.0 Å². The standard InChI is InChI=1S/C29H19F5/c1-2-3-4-5-19-13-27(33)29(28(34)14-19)22-11-10-20(24(30)16-22)8-6-18-7-9-21-15-25(31)26(32)17-23(21)12-18/h2-3,7,9-17H,4-5H2,1H3/b3-2+. The summed E-state index contributed by atoms with van der Waals surface area (Å²) in [4.78, 5) is 0. The molecule has 170 valence electrons. The fourth-order valence-electron chi connectivity index (χ4n) is 3.69. The maximum absolute atomic E-state index is 14.7. The largest absolute Gasteiger partial charge is 0.206 e. The lowest BCUT2D eigenvalue weighted by Crippen LogP contribution is -1.96. The van der Waals surface area contributed by atoms with E-state index in [1.807, 2.05) is 19.1 Å². The van der Waals surface area contributed by atoms with Gasteiger partial charge in [-0.2, -0.15) is 0 Å². The van der Waals surface area contributed by atoms with Crippen molar-refractivity contribution in [2.45, 2.75) is 19.8 Å². The fourth-order valence-corrected chi connectivity index (χ4v) is 3.69. The Morgan fingerprint density at radius 1 is 0.676 bits per heavy atom. The van der Waals surface area contributed by atoms with Crippen molar-refractivity contribution in [1.29, 1.82) is 0 Å². The summed E-state index contributed by atoms with van der Waals surface area (Å²) in [5, 5.41) is 0.971. The van der Waals surface area contributed by atoms with Crippen molar-refractivity contribution in [2.75, 3.05) is 0 Å². The Morgan fingerprint density at radius 3 is 2.06 bits per heavy atom. The van der Waals surface area contributed by atoms with Crippen molar-refractivity contribution < 1.29 is 22.0 Å². The van der Waals surface area contributed by atoms with E-state index in [4.69, 9.17) is 0 Å². The van der Waals surface area contributed by atoms with Crippen molar-refractivity contribution in [3.63, 3.8) is 0 Å². The highest BCUT2D eigenvalue weighted by atomic mass is 19.2. The molecule has 0 saturated heterocycles. The molecule has 0 aromatic heterocycles. The van der Waals surface area contributed by atoms with Crippen molar-refractivity contribution in [2.24, 2.45) is 0 Å². The van der Waals surface area contributed by atoms with E-state index >= 15 is 0 Å². The summed E-state index contributed by atoms with van der Waals surface area (Å²) in [6.45, 7) is 1.87. The normalized spacial score (nSPS) is 11.1. The molecule has 0 bridgehead atoms. The van der Waals surface area contributed by atoms with Crippen LogP contribution in [0.3, 0.4) is 0 Å². The monoisotopic (exact) mass is 462 g/mol. The summed E-state index contributed by atoms with van der Waals surface area (Å²) in [6.07, 6.45) is 4.95. The number of benzene rings is 4. The number of hydrogen-bond acceptors (Lipinski definition) is 0. The van der Waals surface area contributed by atoms with E-state index in [0.29, 0.717) is 34.7 Å². The van der Waals surface area contributed by atoms with Crippen LogP contribution in [-0.4, -0.2) is 0 Å². The molecule has 5 heteroatoms. The molecular weight excluding hydrogens is 443 g/mol. The summed E-state index contributed by atoms with van der Waals surface area (Å²) in [7, 11) is 0. The summed E-state index contributed by atoms with van der Waals surface area (Å²) in [6, 6.07) is 13.3. The Kier molecular flexibility index (Phi) is 6.79. The lowest BCUT2D eigenvalue weighted by atomic mass is 9.99. The third kappa shape index (κ3) is 5.02. The first-order valence-corrected chi connectivity index (χ1v) is 10.7. The van der Waals surface area contributed by atoms with E-state index in [2.05, 4.69) is 11.8 Å². The van der Waals surface area contributed by atoms with Crippen LogP contribution in [0.25, 0.3) is 21.9 Å². The van der Waals surface area contributed by atoms with Crippen LogP contribution in [0.4, 0.5) is 22.0 Å². The lowest BCUT2D eigenvalue weighted by Gasteiger charge is -2.09. The third-order valence-electron chi connectivity index (χ3n) is 5.42. The first-order valence-electron chi connectivity index (χ1n) is 10.7. The van der Waals surface area contributed by atoms with Gasteiger partial charge in [-0.3, -0.25) is 0 Å². The number of halogens is 5. The van der Waals surface area contributed by atoms with Crippen molar-refractivity contribution in [3.8, 4) is 23.0 Å². The average molecular weight is 462 g/mol. The van der Waals surface area contributed by atoms with Gasteiger partial charge in [0.1, 0.15) is 17.5 Å². The number of aryl methyl sites for hydroxylation is 1. The van der Waals surface area contributed by atoms with E-state index in [-0.39, 0.29) is 16.7 Å². The Bertz CT molecular complexity index is 1450. The minimum Gasteiger partial charge on any atom is -0.206 e. The second-order valence-electron chi connectivity index (χ2n) is 7.82. The Morgan fingerprint density at radius 2 is 1.38 bits per heavy atom. The predicted molar refractivity (Wildman–Crippen MR) is 125 cm³/mol. The smallest absolute Gasteiger partial charge is 0.159 e. The van der Waals surface area contributed by atoms with E-state index in [1.54, 1.807) is 18.2 Å². The van der Waals surface area contributed by atoms with E-state index in [1.165, 1.54) is 24.3 Å². The Balaban J connectivity index is 1.61. The van der Waals surface area contributed by atoms with Gasteiger partial charge < -0.3 is 0 Å². The highest BCUT2D eigenvalue weighted by Crippen LogP contribution is 2.29. The topological polar surface area (TPSA) is 0 Å². The zero-order valence-corrected chi connectivity index (χ0v) is 18.2. The second-order valence-corrected chi connectivity index (χ2v) is 7.82. The number of fused-ring (bicyclic) bond motifs is 1. The summed E-state index contributed by atoms with van der Waals surface area (Å²) >= 11 is 0. The highest BCUT2D eigenvalue weighted by Gasteiger charge is 2.15. The summed E-state index contributed by atoms with van der Waals surface area (Å²) < 4.78 is 70.8. The zero-order valence-electron chi connectivity index (χ0n) is 18.2. The molecule has 0 spiro atoms. The van der Waals surface area contributed by atoms with E-state index < -0.39 is 29.1 Å². The molecule has 0 aliphatic carbocycles. The maximum atomic E-state index is 14.7. The molecule has 0 aliphatic heterocycles. The van der Waals surface area contributed by atoms with Gasteiger partial charge in [-0.1, -0.05) is 36.1 Å². The van der Waals surface area contributed by atoms with Crippen molar-refractivity contribution in [3.05, 3.63) is 119 Å². The fraction of sp³-hybridized carbons (Fsp3) is 0.103. The molecule has 4 rings (SSSR count). The van der Waals surface area contributed by atoms with Gasteiger partial charge in [-0.05, 0) is 90.2 Å². The van der Waals surface area contributed by atoms with Crippen molar-refractivity contribution in [1.82, 2.24) is 0 Å². The molecule has 34 heavy (non-hydrogen) atoms. The molecule has 0 amide bonds. The van der Waals surface area contributed by atoms with Crippen LogP contribution in [0.5, 0.6) is 0 Å². The highest BCUT2D eigenvalue weighted by molar-refractivity contribution is 5.84.